The van der Waals surface area contributed by atoms with Gasteiger partial charge in [0.1, 0.15) is 5.82 Å². The summed E-state index contributed by atoms with van der Waals surface area (Å²) in [5.41, 5.74) is 0.625. The molecular weight excluding hydrogens is 435 g/mol. The molecule has 0 atom stereocenters. The number of halogens is 1. The topological polar surface area (TPSA) is 82.8 Å². The Balaban J connectivity index is 2.02. The van der Waals surface area contributed by atoms with E-state index in [4.69, 9.17) is 9.07 Å². The van der Waals surface area contributed by atoms with Gasteiger partial charge in [0, 0.05) is 16.9 Å². The Bertz CT molecular complexity index is 1130. The largest absolute Gasteiger partial charge is 0.487 e. The summed E-state index contributed by atoms with van der Waals surface area (Å²) in [5.74, 6) is -0.268. The third kappa shape index (κ3) is 5.95. The van der Waals surface area contributed by atoms with Crippen molar-refractivity contribution in [3.05, 3.63) is 70.4 Å². The Morgan fingerprint density at radius 2 is 1.91 bits per heavy atom. The van der Waals surface area contributed by atoms with Crippen LogP contribution in [0.1, 0.15) is 25.8 Å². The van der Waals surface area contributed by atoms with Crippen molar-refractivity contribution < 1.29 is 23.5 Å². The third-order valence-corrected chi connectivity index (χ3v) is 5.31. The van der Waals surface area contributed by atoms with E-state index >= 15 is 0 Å². The van der Waals surface area contributed by atoms with Crippen molar-refractivity contribution in [2.24, 2.45) is 0 Å². The van der Waals surface area contributed by atoms with Gasteiger partial charge in [-0.1, -0.05) is 12.1 Å². The van der Waals surface area contributed by atoms with E-state index in [0.717, 1.165) is 22.5 Å². The lowest BCUT2D eigenvalue weighted by Crippen LogP contribution is -2.26. The van der Waals surface area contributed by atoms with E-state index in [-0.39, 0.29) is 18.2 Å². The Labute approximate surface area is 189 Å². The average molecular weight is 461 g/mol. The molecule has 1 N–H and O–H groups in total. The minimum atomic E-state index is -0.944. The van der Waals surface area contributed by atoms with Crippen molar-refractivity contribution in [3.63, 3.8) is 0 Å². The number of nitrogens with zero attached hydrogens (tertiary/aromatic N) is 2. The van der Waals surface area contributed by atoms with E-state index in [1.165, 1.54) is 30.1 Å². The van der Waals surface area contributed by atoms with Gasteiger partial charge < -0.3 is 9.84 Å². The lowest BCUT2D eigenvalue weighted by molar-refractivity contribution is -0.160. The Morgan fingerprint density at radius 1 is 1.19 bits per heavy atom. The first-order valence-corrected chi connectivity index (χ1v) is 10.7. The number of hydrogen-bond donors (Lipinski definition) is 1. The van der Waals surface area contributed by atoms with Gasteiger partial charge in [0.15, 0.2) is 5.75 Å². The van der Waals surface area contributed by atoms with Crippen LogP contribution in [-0.2, 0) is 9.22 Å². The highest BCUT2D eigenvalue weighted by molar-refractivity contribution is 7.94. The minimum Gasteiger partial charge on any atom is -0.487 e. The van der Waals surface area contributed by atoms with Crippen LogP contribution in [0, 0.1) is 12.7 Å². The zero-order valence-corrected chi connectivity index (χ0v) is 19.1. The first kappa shape index (κ1) is 23.9. The standard InChI is InChI=1S/C23H25FN2O5S/c1-15-13-17(7-10-20(15)24)26-22(27)21(30-12-11-23(2,3)28)19(14-25-26)16-5-8-18(9-6-16)32-31-29-4/h5-10,13-14,28H,11-12H2,1-4H3. The van der Waals surface area contributed by atoms with Crippen LogP contribution >= 0.6 is 12.0 Å². The number of aliphatic hydroxyl groups is 1. The van der Waals surface area contributed by atoms with Crippen LogP contribution < -0.4 is 10.3 Å². The van der Waals surface area contributed by atoms with Crippen LogP contribution in [0.4, 0.5) is 4.39 Å². The molecule has 32 heavy (non-hydrogen) atoms. The van der Waals surface area contributed by atoms with Gasteiger partial charge >= 0.3 is 5.56 Å². The van der Waals surface area contributed by atoms with Crippen LogP contribution in [0.15, 0.2) is 58.4 Å². The fourth-order valence-electron chi connectivity index (χ4n) is 2.89. The van der Waals surface area contributed by atoms with Gasteiger partial charge in [-0.2, -0.15) is 14.1 Å². The van der Waals surface area contributed by atoms with E-state index in [0.29, 0.717) is 23.2 Å². The summed E-state index contributed by atoms with van der Waals surface area (Å²) in [5, 5.41) is 14.3. The summed E-state index contributed by atoms with van der Waals surface area (Å²) in [6.07, 6.45) is 1.86. The fourth-order valence-corrected chi connectivity index (χ4v) is 3.29. The van der Waals surface area contributed by atoms with Crippen LogP contribution in [-0.4, -0.2) is 34.2 Å². The second-order valence-corrected chi connectivity index (χ2v) is 8.57. The highest BCUT2D eigenvalue weighted by Crippen LogP contribution is 2.30. The Morgan fingerprint density at radius 3 is 2.53 bits per heavy atom. The van der Waals surface area contributed by atoms with Crippen molar-refractivity contribution in [2.45, 2.75) is 37.7 Å². The van der Waals surface area contributed by atoms with E-state index in [1.54, 1.807) is 26.8 Å². The second kappa shape index (κ2) is 10.3. The van der Waals surface area contributed by atoms with Gasteiger partial charge in [0.25, 0.3) is 0 Å². The predicted octanol–water partition coefficient (Wildman–Crippen LogP) is 4.47. The Kier molecular flexibility index (Phi) is 7.68. The lowest BCUT2D eigenvalue weighted by Gasteiger charge is -2.18. The average Bonchev–Trinajstić information content (AvgIpc) is 2.75. The maximum absolute atomic E-state index is 13.7. The van der Waals surface area contributed by atoms with E-state index < -0.39 is 11.2 Å². The molecule has 0 aliphatic rings. The van der Waals surface area contributed by atoms with Gasteiger partial charge in [-0.15, -0.1) is 0 Å². The van der Waals surface area contributed by atoms with Crippen LogP contribution in [0.2, 0.25) is 0 Å². The summed E-state index contributed by atoms with van der Waals surface area (Å²) in [7, 11) is 1.42. The van der Waals surface area contributed by atoms with Crippen LogP contribution in [0.3, 0.4) is 0 Å². The number of hydrogen-bond acceptors (Lipinski definition) is 7. The number of benzene rings is 2. The monoisotopic (exact) mass is 460 g/mol. The lowest BCUT2D eigenvalue weighted by atomic mass is 10.1. The molecule has 3 rings (SSSR count). The molecular formula is C23H25FN2O5S. The molecule has 0 amide bonds. The van der Waals surface area contributed by atoms with Crippen molar-refractivity contribution in [1.82, 2.24) is 9.78 Å². The number of aryl methyl sites for hydroxylation is 1. The number of ether oxygens (including phenoxy) is 1. The summed E-state index contributed by atoms with van der Waals surface area (Å²) in [6.45, 7) is 5.09. The Hall–Kier alpha value is -2.72. The SMILES string of the molecule is COOSc1ccc(-c2cnn(-c3ccc(F)c(C)c3)c(=O)c2OCCC(C)(C)O)cc1. The molecule has 3 aromatic rings. The summed E-state index contributed by atoms with van der Waals surface area (Å²) in [4.78, 5) is 18.7. The van der Waals surface area contributed by atoms with E-state index in [2.05, 4.69) is 9.99 Å². The molecule has 0 fully saturated rings. The normalized spacial score (nSPS) is 11.6. The van der Waals surface area contributed by atoms with Gasteiger partial charge in [0.05, 0.1) is 43.2 Å². The molecule has 0 radical (unpaired) electrons. The summed E-state index contributed by atoms with van der Waals surface area (Å²) in [6, 6.07) is 11.6. The molecule has 0 aliphatic carbocycles. The molecule has 1 aromatic heterocycles. The van der Waals surface area contributed by atoms with Crippen LogP contribution in [0.25, 0.3) is 16.8 Å². The molecule has 9 heteroatoms. The van der Waals surface area contributed by atoms with E-state index in [1.807, 2.05) is 24.3 Å². The van der Waals surface area contributed by atoms with Crippen molar-refractivity contribution >= 4 is 12.0 Å². The molecule has 7 nitrogen and oxygen atoms in total. The molecule has 170 valence electrons. The molecule has 0 aliphatic heterocycles. The predicted molar refractivity (Wildman–Crippen MR) is 120 cm³/mol. The van der Waals surface area contributed by atoms with Crippen molar-refractivity contribution in [3.8, 4) is 22.6 Å². The number of aromatic nitrogens is 2. The zero-order chi connectivity index (χ0) is 23.3. The second-order valence-electron chi connectivity index (χ2n) is 7.79. The highest BCUT2D eigenvalue weighted by atomic mass is 32.2. The van der Waals surface area contributed by atoms with Gasteiger partial charge in [-0.3, -0.25) is 4.79 Å². The summed E-state index contributed by atoms with van der Waals surface area (Å²) >= 11 is 1.06. The maximum Gasteiger partial charge on any atom is 0.314 e. The third-order valence-electron chi connectivity index (χ3n) is 4.64. The first-order valence-electron chi connectivity index (χ1n) is 9.91. The zero-order valence-electron chi connectivity index (χ0n) is 18.3. The van der Waals surface area contributed by atoms with Gasteiger partial charge in [-0.05, 0) is 62.2 Å². The highest BCUT2D eigenvalue weighted by Gasteiger charge is 2.19. The molecule has 0 saturated heterocycles. The first-order chi connectivity index (χ1) is 15.2. The van der Waals surface area contributed by atoms with Crippen LogP contribution in [0.5, 0.6) is 5.75 Å². The molecule has 2 aromatic carbocycles. The molecule has 0 saturated carbocycles. The van der Waals surface area contributed by atoms with Gasteiger partial charge in [0.2, 0.25) is 0 Å². The fraction of sp³-hybridized carbons (Fsp3) is 0.304. The number of rotatable bonds is 9. The quantitative estimate of drug-likeness (QED) is 0.287. The molecule has 1 heterocycles. The molecule has 0 spiro atoms. The summed E-state index contributed by atoms with van der Waals surface area (Å²) < 4.78 is 25.6. The van der Waals surface area contributed by atoms with E-state index in [9.17, 15) is 14.3 Å². The van der Waals surface area contributed by atoms with Crippen molar-refractivity contribution in [2.75, 3.05) is 13.7 Å². The maximum atomic E-state index is 13.7. The molecule has 0 bridgehead atoms. The smallest absolute Gasteiger partial charge is 0.314 e. The minimum absolute atomic E-state index is 0.0970. The van der Waals surface area contributed by atoms with Gasteiger partial charge in [-0.25, -0.2) is 9.28 Å². The van der Waals surface area contributed by atoms with Crippen molar-refractivity contribution in [1.29, 1.82) is 0 Å². The molecule has 0 unspecified atom stereocenters.